The van der Waals surface area contributed by atoms with Gasteiger partial charge in [-0.25, -0.2) is 0 Å². The van der Waals surface area contributed by atoms with E-state index < -0.39 is 17.4 Å². The molecule has 0 saturated carbocycles. The molecule has 0 N–H and O–H groups in total. The highest BCUT2D eigenvalue weighted by Crippen LogP contribution is 2.62. The van der Waals surface area contributed by atoms with Crippen molar-refractivity contribution in [3.8, 4) is 0 Å². The van der Waals surface area contributed by atoms with Crippen molar-refractivity contribution in [3.05, 3.63) is 34.9 Å². The predicted molar refractivity (Wildman–Crippen MR) is 67.0 cm³/mol. The number of halogens is 1. The first-order valence-electron chi connectivity index (χ1n) is 6.49. The van der Waals surface area contributed by atoms with Gasteiger partial charge in [-0.05, 0) is 32.4 Å². The third kappa shape index (κ3) is 1.49. The van der Waals surface area contributed by atoms with E-state index >= 15 is 0 Å². The molecule has 4 heterocycles. The Morgan fingerprint density at radius 3 is 2.53 bits per heavy atom. The molecule has 4 atom stereocenters. The first-order valence-corrected chi connectivity index (χ1v) is 6.87. The fraction of sp³-hybridized carbons (Fsp3) is 0.571. The minimum atomic E-state index is -0.884. The minimum Gasteiger partial charge on any atom is -0.315 e. The van der Waals surface area contributed by atoms with Crippen LogP contribution in [0.1, 0.15) is 32.3 Å². The van der Waals surface area contributed by atoms with Gasteiger partial charge in [0.15, 0.2) is 5.79 Å². The Hall–Kier alpha value is -0.650. The van der Waals surface area contributed by atoms with E-state index in [1.165, 1.54) is 0 Å². The normalized spacial score (nSPS) is 47.6. The summed E-state index contributed by atoms with van der Waals surface area (Å²) in [5.74, 6) is -2.28. The van der Waals surface area contributed by atoms with E-state index in [9.17, 15) is 0 Å². The number of ether oxygens (including phenoxy) is 2. The maximum Gasteiger partial charge on any atom is 0.238 e. The van der Waals surface area contributed by atoms with Crippen LogP contribution in [0.15, 0.2) is 24.3 Å². The molecule has 4 aliphatic heterocycles. The zero-order valence-corrected chi connectivity index (χ0v) is 11.6. The van der Waals surface area contributed by atoms with Crippen molar-refractivity contribution in [1.82, 2.24) is 0 Å². The lowest BCUT2D eigenvalue weighted by Gasteiger charge is -2.54. The third-order valence-electron chi connectivity index (χ3n) is 4.34. The van der Waals surface area contributed by atoms with E-state index in [1.54, 1.807) is 0 Å². The molecule has 0 aliphatic carbocycles. The molecule has 4 aliphatic rings. The van der Waals surface area contributed by atoms with E-state index in [2.05, 4.69) is 0 Å². The highest BCUT2D eigenvalue weighted by atomic mass is 35.5. The van der Waals surface area contributed by atoms with Gasteiger partial charge in [-0.15, -0.1) is 0 Å². The van der Waals surface area contributed by atoms with E-state index in [1.807, 2.05) is 38.1 Å². The molecule has 0 amide bonds. The second kappa shape index (κ2) is 3.51. The molecule has 4 nitrogen and oxygen atoms in total. The predicted octanol–water partition coefficient (Wildman–Crippen LogP) is 3.34. The summed E-state index contributed by atoms with van der Waals surface area (Å²) in [6, 6.07) is 7.50. The summed E-state index contributed by atoms with van der Waals surface area (Å²) in [7, 11) is 0. The minimum absolute atomic E-state index is 0.0167. The summed E-state index contributed by atoms with van der Waals surface area (Å²) in [6.45, 7) is 3.85. The molecule has 4 saturated heterocycles. The summed E-state index contributed by atoms with van der Waals surface area (Å²) in [5.41, 5.74) is 0.917. The van der Waals surface area contributed by atoms with Crippen LogP contribution >= 0.6 is 11.6 Å². The molecule has 19 heavy (non-hydrogen) atoms. The average Bonchev–Trinajstić information content (AvgIpc) is 2.58. The molecule has 102 valence electrons. The molecule has 0 aromatic heterocycles. The molecule has 0 spiro atoms. The molecule has 5 rings (SSSR count). The first-order chi connectivity index (χ1) is 8.96. The van der Waals surface area contributed by atoms with Crippen LogP contribution in [0, 0.1) is 5.92 Å². The van der Waals surface area contributed by atoms with Crippen LogP contribution in [-0.4, -0.2) is 11.6 Å². The fourth-order valence-corrected chi connectivity index (χ4v) is 3.63. The number of rotatable bonds is 1. The average molecular weight is 283 g/mol. The van der Waals surface area contributed by atoms with Gasteiger partial charge >= 0.3 is 0 Å². The monoisotopic (exact) mass is 282 g/mol. The topological polar surface area (TPSA) is 36.9 Å². The van der Waals surface area contributed by atoms with Crippen LogP contribution in [0.4, 0.5) is 0 Å². The van der Waals surface area contributed by atoms with Crippen LogP contribution in [0.3, 0.4) is 0 Å². The molecular formula is C14H15ClO4. The van der Waals surface area contributed by atoms with E-state index in [0.717, 1.165) is 18.4 Å². The van der Waals surface area contributed by atoms with Crippen molar-refractivity contribution in [3.63, 3.8) is 0 Å². The van der Waals surface area contributed by atoms with Gasteiger partial charge in [0.1, 0.15) is 0 Å². The molecule has 0 radical (unpaired) electrons. The van der Waals surface area contributed by atoms with E-state index in [4.69, 9.17) is 30.8 Å². The lowest BCUT2D eigenvalue weighted by molar-refractivity contribution is -0.433. The molecule has 5 heteroatoms. The maximum atomic E-state index is 6.13. The van der Waals surface area contributed by atoms with Crippen molar-refractivity contribution >= 4 is 11.6 Å². The Balaban J connectivity index is 1.84. The Kier molecular flexibility index (Phi) is 2.24. The molecule has 1 aromatic rings. The van der Waals surface area contributed by atoms with Crippen molar-refractivity contribution in [2.45, 2.75) is 44.1 Å². The van der Waals surface area contributed by atoms with Crippen LogP contribution < -0.4 is 0 Å². The van der Waals surface area contributed by atoms with Crippen LogP contribution in [0.5, 0.6) is 0 Å². The van der Waals surface area contributed by atoms with Crippen LogP contribution in [0.2, 0.25) is 5.02 Å². The first kappa shape index (κ1) is 12.1. The van der Waals surface area contributed by atoms with Gasteiger partial charge in [0.25, 0.3) is 0 Å². The summed E-state index contributed by atoms with van der Waals surface area (Å²) < 4.78 is 12.1. The van der Waals surface area contributed by atoms with Gasteiger partial charge in [-0.2, -0.15) is 9.78 Å². The number of hydrogen-bond acceptors (Lipinski definition) is 4. The molecule has 4 fully saturated rings. The second-order valence-corrected chi connectivity index (χ2v) is 6.22. The lowest BCUT2D eigenvalue weighted by atomic mass is 9.76. The van der Waals surface area contributed by atoms with Crippen LogP contribution in [-0.2, 0) is 25.0 Å². The van der Waals surface area contributed by atoms with Crippen LogP contribution in [0.25, 0.3) is 0 Å². The van der Waals surface area contributed by atoms with Gasteiger partial charge in [0, 0.05) is 17.0 Å². The summed E-state index contributed by atoms with van der Waals surface area (Å²) >= 11 is 5.95. The maximum absolute atomic E-state index is 6.13. The van der Waals surface area contributed by atoms with Crippen molar-refractivity contribution in [1.29, 1.82) is 0 Å². The number of fused-ring (bicyclic) bond motifs is 1. The van der Waals surface area contributed by atoms with E-state index in [-0.39, 0.29) is 5.92 Å². The van der Waals surface area contributed by atoms with Gasteiger partial charge in [0.05, 0.1) is 5.92 Å². The van der Waals surface area contributed by atoms with Gasteiger partial charge in [0.2, 0.25) is 11.6 Å². The smallest absolute Gasteiger partial charge is 0.238 e. The molecule has 1 aromatic carbocycles. The Morgan fingerprint density at radius 2 is 1.84 bits per heavy atom. The number of hydrogen-bond donors (Lipinski definition) is 0. The van der Waals surface area contributed by atoms with Gasteiger partial charge < -0.3 is 9.47 Å². The van der Waals surface area contributed by atoms with Crippen molar-refractivity contribution < 1.29 is 19.2 Å². The third-order valence-corrected chi connectivity index (χ3v) is 4.59. The summed E-state index contributed by atoms with van der Waals surface area (Å²) in [4.78, 5) is 11.1. The lowest BCUT2D eigenvalue weighted by Crippen LogP contribution is -2.62. The van der Waals surface area contributed by atoms with Gasteiger partial charge in [-0.3, -0.25) is 0 Å². The Labute approximate surface area is 116 Å². The summed E-state index contributed by atoms with van der Waals surface area (Å²) in [6.07, 6.45) is 1.78. The highest BCUT2D eigenvalue weighted by molar-refractivity contribution is 6.30. The Bertz CT molecular complexity index is 533. The van der Waals surface area contributed by atoms with Crippen molar-refractivity contribution in [2.75, 3.05) is 0 Å². The fourth-order valence-electron chi connectivity index (χ4n) is 3.50. The number of benzene rings is 1. The second-order valence-electron chi connectivity index (χ2n) is 5.79. The van der Waals surface area contributed by atoms with Gasteiger partial charge in [-0.1, -0.05) is 23.7 Å². The Morgan fingerprint density at radius 1 is 1.11 bits per heavy atom. The summed E-state index contributed by atoms with van der Waals surface area (Å²) in [5, 5.41) is 0.685. The molecule has 2 unspecified atom stereocenters. The zero-order chi connectivity index (χ0) is 13.3. The van der Waals surface area contributed by atoms with Crippen molar-refractivity contribution in [2.24, 2.45) is 5.92 Å². The quantitative estimate of drug-likeness (QED) is 0.740. The zero-order valence-electron chi connectivity index (χ0n) is 10.8. The van der Waals surface area contributed by atoms with E-state index in [0.29, 0.717) is 5.02 Å². The standard InChI is InChI=1S/C14H15ClO4/c1-12-8-7-11-13(2,16-12)18-19-14(11,17-12)9-3-5-10(15)6-4-9/h3-6,11H,7-8H2,1-2H3/t11?,12?,13-,14+/m1/s1. The largest absolute Gasteiger partial charge is 0.315 e. The molecule has 4 bridgehead atoms. The molecular weight excluding hydrogens is 268 g/mol. The highest BCUT2D eigenvalue weighted by Gasteiger charge is 2.72. The SMILES string of the molecule is CC12CCC3[C@@](C)(OO[C@]3(c3ccc(Cl)cc3)O1)O2.